The van der Waals surface area contributed by atoms with Gasteiger partial charge in [0.25, 0.3) is 5.56 Å². The molecule has 0 fully saturated rings. The summed E-state index contributed by atoms with van der Waals surface area (Å²) in [7, 11) is -3.50. The van der Waals surface area contributed by atoms with Crippen molar-refractivity contribution in [1.82, 2.24) is 9.55 Å². The molecular weight excluding hydrogens is 344 g/mol. The van der Waals surface area contributed by atoms with Gasteiger partial charge in [-0.1, -0.05) is 42.1 Å². The molecule has 0 aliphatic carbocycles. The van der Waals surface area contributed by atoms with Crippen LogP contribution in [-0.4, -0.2) is 29.5 Å². The van der Waals surface area contributed by atoms with Crippen molar-refractivity contribution in [3.8, 4) is 0 Å². The second kappa shape index (κ2) is 5.75. The molecule has 0 radical (unpaired) electrons. The third-order valence-corrected chi connectivity index (χ3v) is 7.01. The van der Waals surface area contributed by atoms with Crippen LogP contribution in [0.25, 0.3) is 10.8 Å². The third-order valence-electron chi connectivity index (χ3n) is 4.11. The van der Waals surface area contributed by atoms with Crippen LogP contribution in [0.1, 0.15) is 6.04 Å². The fourth-order valence-electron chi connectivity index (χ4n) is 2.92. The molecule has 7 heteroatoms. The van der Waals surface area contributed by atoms with E-state index >= 15 is 0 Å². The number of thioether (sulfide) groups is 1. The molecule has 0 amide bonds. The molecule has 1 atom stereocenters. The quantitative estimate of drug-likeness (QED) is 0.673. The molecule has 0 bridgehead atoms. The molecule has 1 aromatic heterocycles. The van der Waals surface area contributed by atoms with E-state index in [4.69, 9.17) is 0 Å². The molecular formula is C17H14N2O3S2. The third kappa shape index (κ3) is 2.63. The number of nitrogens with zero attached hydrogens (tertiary/aromatic N) is 2. The Hall–Kier alpha value is -2.12. The molecule has 1 aliphatic rings. The van der Waals surface area contributed by atoms with Gasteiger partial charge < -0.3 is 0 Å². The predicted octanol–water partition coefficient (Wildman–Crippen LogP) is 2.52. The lowest BCUT2D eigenvalue weighted by atomic mass is 10.1. The number of aromatic nitrogens is 2. The maximum Gasteiger partial charge on any atom is 0.254 e. The van der Waals surface area contributed by atoms with Crippen LogP contribution >= 0.6 is 11.8 Å². The minimum Gasteiger partial charge on any atom is -0.283 e. The zero-order chi connectivity index (χ0) is 16.7. The number of hydrogen-bond donors (Lipinski definition) is 0. The Morgan fingerprint density at radius 3 is 2.75 bits per heavy atom. The Kier molecular flexibility index (Phi) is 3.69. The molecule has 0 saturated heterocycles. The van der Waals surface area contributed by atoms with E-state index in [0.29, 0.717) is 10.9 Å². The van der Waals surface area contributed by atoms with E-state index < -0.39 is 9.84 Å². The minimum absolute atomic E-state index is 0.100. The van der Waals surface area contributed by atoms with Gasteiger partial charge in [0.2, 0.25) is 0 Å². The van der Waals surface area contributed by atoms with E-state index in [1.807, 2.05) is 30.3 Å². The van der Waals surface area contributed by atoms with Crippen LogP contribution in [0.4, 0.5) is 0 Å². The predicted molar refractivity (Wildman–Crippen MR) is 94.3 cm³/mol. The highest BCUT2D eigenvalue weighted by Gasteiger charge is 2.30. The summed E-state index contributed by atoms with van der Waals surface area (Å²) in [6, 6.07) is 13.8. The first-order chi connectivity index (χ1) is 11.5. The van der Waals surface area contributed by atoms with Crippen molar-refractivity contribution in [2.75, 3.05) is 11.5 Å². The van der Waals surface area contributed by atoms with Gasteiger partial charge in [-0.25, -0.2) is 13.4 Å². The van der Waals surface area contributed by atoms with E-state index in [0.717, 1.165) is 10.8 Å². The van der Waals surface area contributed by atoms with Crippen LogP contribution in [-0.2, 0) is 9.84 Å². The van der Waals surface area contributed by atoms with E-state index in [9.17, 15) is 13.2 Å². The molecule has 122 valence electrons. The second-order valence-electron chi connectivity index (χ2n) is 5.69. The molecule has 5 nitrogen and oxygen atoms in total. The zero-order valence-electron chi connectivity index (χ0n) is 12.6. The zero-order valence-corrected chi connectivity index (χ0v) is 14.3. The summed E-state index contributed by atoms with van der Waals surface area (Å²) < 4.78 is 27.1. The largest absolute Gasteiger partial charge is 0.283 e. The van der Waals surface area contributed by atoms with Crippen LogP contribution in [0.3, 0.4) is 0 Å². The van der Waals surface area contributed by atoms with E-state index in [1.165, 1.54) is 28.6 Å². The van der Waals surface area contributed by atoms with Gasteiger partial charge in [-0.15, -0.1) is 0 Å². The Morgan fingerprint density at radius 1 is 1.12 bits per heavy atom. The maximum absolute atomic E-state index is 12.8. The smallest absolute Gasteiger partial charge is 0.254 e. The fraction of sp³-hybridized carbons (Fsp3) is 0.176. The summed E-state index contributed by atoms with van der Waals surface area (Å²) in [4.78, 5) is 16.5. The minimum atomic E-state index is -3.50. The monoisotopic (exact) mass is 358 g/mol. The Labute approximate surface area is 143 Å². The molecule has 0 N–H and O–H groups in total. The molecule has 0 spiro atoms. The molecule has 3 aromatic rings. The SMILES string of the molecule is O=c1ccnc2n1C(CS(=O)(=O)c1ccc3ccccc3c1)CS2. The summed E-state index contributed by atoms with van der Waals surface area (Å²) in [6.07, 6.45) is 1.46. The van der Waals surface area contributed by atoms with Crippen molar-refractivity contribution in [2.45, 2.75) is 16.1 Å². The second-order valence-corrected chi connectivity index (χ2v) is 8.71. The van der Waals surface area contributed by atoms with Crippen molar-refractivity contribution in [2.24, 2.45) is 0 Å². The summed E-state index contributed by atoms with van der Waals surface area (Å²) in [5.74, 6) is 0.440. The van der Waals surface area contributed by atoms with Crippen LogP contribution in [0.5, 0.6) is 0 Å². The summed E-state index contributed by atoms with van der Waals surface area (Å²) >= 11 is 1.42. The van der Waals surface area contributed by atoms with E-state index in [1.54, 1.807) is 12.1 Å². The van der Waals surface area contributed by atoms with Gasteiger partial charge in [-0.05, 0) is 22.9 Å². The Bertz CT molecular complexity index is 1090. The first kappa shape index (κ1) is 15.4. The number of hydrogen-bond acceptors (Lipinski definition) is 5. The van der Waals surface area contributed by atoms with Gasteiger partial charge in [0.1, 0.15) is 0 Å². The number of sulfone groups is 1. The van der Waals surface area contributed by atoms with E-state index in [2.05, 4.69) is 4.98 Å². The summed E-state index contributed by atoms with van der Waals surface area (Å²) in [5, 5.41) is 2.47. The van der Waals surface area contributed by atoms with Crippen LogP contribution in [0, 0.1) is 0 Å². The molecule has 24 heavy (non-hydrogen) atoms. The summed E-state index contributed by atoms with van der Waals surface area (Å²) in [6.45, 7) is 0. The van der Waals surface area contributed by atoms with Gasteiger partial charge in [-0.2, -0.15) is 0 Å². The highest BCUT2D eigenvalue weighted by molar-refractivity contribution is 7.99. The molecule has 2 aromatic carbocycles. The van der Waals surface area contributed by atoms with Gasteiger partial charge in [0.15, 0.2) is 15.0 Å². The van der Waals surface area contributed by atoms with Gasteiger partial charge in [0.05, 0.1) is 16.7 Å². The van der Waals surface area contributed by atoms with Gasteiger partial charge in [0, 0.05) is 18.0 Å². The molecule has 1 aliphatic heterocycles. The highest BCUT2D eigenvalue weighted by atomic mass is 32.2. The normalized spacial score (nSPS) is 17.1. The van der Waals surface area contributed by atoms with Crippen molar-refractivity contribution in [3.63, 3.8) is 0 Å². The average Bonchev–Trinajstić information content (AvgIpc) is 2.98. The van der Waals surface area contributed by atoms with Crippen LogP contribution < -0.4 is 5.56 Å². The Balaban J connectivity index is 1.70. The first-order valence-corrected chi connectivity index (χ1v) is 10.1. The van der Waals surface area contributed by atoms with Crippen molar-refractivity contribution < 1.29 is 8.42 Å². The lowest BCUT2D eigenvalue weighted by Crippen LogP contribution is -2.28. The number of fused-ring (bicyclic) bond motifs is 2. The van der Waals surface area contributed by atoms with Gasteiger partial charge in [-0.3, -0.25) is 9.36 Å². The molecule has 4 rings (SSSR count). The first-order valence-electron chi connectivity index (χ1n) is 7.46. The number of benzene rings is 2. The number of rotatable bonds is 3. The molecule has 1 unspecified atom stereocenters. The van der Waals surface area contributed by atoms with Crippen molar-refractivity contribution >= 4 is 32.4 Å². The lowest BCUT2D eigenvalue weighted by molar-refractivity contribution is 0.527. The average molecular weight is 358 g/mol. The Morgan fingerprint density at radius 2 is 1.92 bits per heavy atom. The van der Waals surface area contributed by atoms with Crippen LogP contribution in [0.15, 0.2) is 69.6 Å². The maximum atomic E-state index is 12.8. The topological polar surface area (TPSA) is 69.0 Å². The lowest BCUT2D eigenvalue weighted by Gasteiger charge is -2.13. The molecule has 0 saturated carbocycles. The van der Waals surface area contributed by atoms with Crippen molar-refractivity contribution in [1.29, 1.82) is 0 Å². The van der Waals surface area contributed by atoms with Crippen LogP contribution in [0.2, 0.25) is 0 Å². The van der Waals surface area contributed by atoms with Crippen molar-refractivity contribution in [3.05, 3.63) is 65.1 Å². The standard InChI is InChI=1S/C17H14N2O3S2/c20-16-7-8-18-17-19(16)14(10-23-17)11-24(21,22)15-6-5-12-3-1-2-4-13(12)9-15/h1-9,14H,10-11H2. The van der Waals surface area contributed by atoms with Gasteiger partial charge >= 0.3 is 0 Å². The van der Waals surface area contributed by atoms with E-state index in [-0.39, 0.29) is 22.2 Å². The molecule has 2 heterocycles. The highest BCUT2D eigenvalue weighted by Crippen LogP contribution is 2.32. The summed E-state index contributed by atoms with van der Waals surface area (Å²) in [5.41, 5.74) is -0.205. The fourth-order valence-corrected chi connectivity index (χ4v) is 5.74.